The third-order valence-corrected chi connectivity index (χ3v) is 10.9. The van der Waals surface area contributed by atoms with E-state index in [1.165, 1.54) is 38.9 Å². The fourth-order valence-electron chi connectivity index (χ4n) is 8.27. The quantitative estimate of drug-likeness (QED) is 0.184. The SMILES string of the molecule is CC1(C)c2ccccc2-c2ccc(-c3ccc4c(c3)oc3c5ccccc5c(N(c5ccccc5)c5ccc(-c6ccccc6)cc5)cc43)cc21. The normalized spacial score (nSPS) is 13.1. The molecule has 51 heavy (non-hydrogen) atoms. The smallest absolute Gasteiger partial charge is 0.143 e. The Bertz CT molecular complexity index is 2760. The van der Waals surface area contributed by atoms with Crippen LogP contribution in [0.15, 0.2) is 180 Å². The molecule has 0 unspecified atom stereocenters. The van der Waals surface area contributed by atoms with E-state index in [1.807, 2.05) is 0 Å². The van der Waals surface area contributed by atoms with E-state index < -0.39 is 0 Å². The van der Waals surface area contributed by atoms with Gasteiger partial charge >= 0.3 is 0 Å². The van der Waals surface area contributed by atoms with Crippen LogP contribution in [0.5, 0.6) is 0 Å². The molecule has 1 aliphatic carbocycles. The number of para-hydroxylation sites is 1. The van der Waals surface area contributed by atoms with Gasteiger partial charge in [-0.05, 0) is 93.0 Å². The van der Waals surface area contributed by atoms with Crippen LogP contribution in [0.2, 0.25) is 0 Å². The molecule has 10 rings (SSSR count). The van der Waals surface area contributed by atoms with Gasteiger partial charge in [0.05, 0.1) is 5.69 Å². The average molecular weight is 654 g/mol. The Kier molecular flexibility index (Phi) is 6.56. The molecule has 2 nitrogen and oxygen atoms in total. The number of furan rings is 1. The van der Waals surface area contributed by atoms with Crippen molar-refractivity contribution in [3.8, 4) is 33.4 Å². The Labute approximate surface area is 297 Å². The first-order valence-corrected chi connectivity index (χ1v) is 17.7. The maximum absolute atomic E-state index is 6.80. The number of benzene rings is 8. The molecule has 0 aliphatic heterocycles. The molecule has 0 bridgehead atoms. The Morgan fingerprint density at radius 2 is 1.00 bits per heavy atom. The van der Waals surface area contributed by atoms with Crippen LogP contribution in [0.1, 0.15) is 25.0 Å². The number of nitrogens with zero attached hydrogens (tertiary/aromatic N) is 1. The highest BCUT2D eigenvalue weighted by molar-refractivity contribution is 6.20. The zero-order valence-electron chi connectivity index (χ0n) is 28.6. The molecular weight excluding hydrogens is 619 g/mol. The Balaban J connectivity index is 1.13. The van der Waals surface area contributed by atoms with Gasteiger partial charge in [-0.25, -0.2) is 0 Å². The van der Waals surface area contributed by atoms with E-state index in [0.717, 1.165) is 55.3 Å². The standard InChI is InChI=1S/C49H35NO/c1-49(2)44-20-12-11-17-38(44)39-27-23-34(29-45(39)49)35-24-28-41-43-31-46(40-18-9-10-19-42(40)48(43)51-47(41)30-35)50(36-15-7-4-8-16-36)37-25-21-33(22-26-37)32-13-5-3-6-14-32/h3-31H,1-2H3. The average Bonchev–Trinajstić information content (AvgIpc) is 3.67. The summed E-state index contributed by atoms with van der Waals surface area (Å²) in [7, 11) is 0. The summed E-state index contributed by atoms with van der Waals surface area (Å²) in [5, 5.41) is 4.46. The van der Waals surface area contributed by atoms with Crippen LogP contribution in [-0.4, -0.2) is 0 Å². The fraction of sp³-hybridized carbons (Fsp3) is 0.0612. The van der Waals surface area contributed by atoms with Gasteiger partial charge in [0.1, 0.15) is 11.2 Å². The third kappa shape index (κ3) is 4.64. The van der Waals surface area contributed by atoms with Gasteiger partial charge in [-0.15, -0.1) is 0 Å². The molecule has 242 valence electrons. The summed E-state index contributed by atoms with van der Waals surface area (Å²) in [4.78, 5) is 2.37. The first kappa shape index (κ1) is 29.5. The maximum Gasteiger partial charge on any atom is 0.143 e. The van der Waals surface area contributed by atoms with Gasteiger partial charge in [0.25, 0.3) is 0 Å². The summed E-state index contributed by atoms with van der Waals surface area (Å²) in [6, 6.07) is 63.5. The van der Waals surface area contributed by atoms with E-state index >= 15 is 0 Å². The Morgan fingerprint density at radius 1 is 0.412 bits per heavy atom. The summed E-state index contributed by atoms with van der Waals surface area (Å²) in [6.07, 6.45) is 0. The van der Waals surface area contributed by atoms with Crippen LogP contribution < -0.4 is 4.90 Å². The summed E-state index contributed by atoms with van der Waals surface area (Å²) in [5.41, 5.74) is 15.3. The van der Waals surface area contributed by atoms with E-state index in [-0.39, 0.29) is 5.41 Å². The fourth-order valence-corrected chi connectivity index (χ4v) is 8.27. The zero-order valence-corrected chi connectivity index (χ0v) is 28.6. The highest BCUT2D eigenvalue weighted by Gasteiger charge is 2.35. The molecule has 0 amide bonds. The van der Waals surface area contributed by atoms with E-state index in [9.17, 15) is 0 Å². The van der Waals surface area contributed by atoms with Crippen LogP contribution in [-0.2, 0) is 5.41 Å². The zero-order chi connectivity index (χ0) is 34.1. The van der Waals surface area contributed by atoms with Gasteiger partial charge in [0.15, 0.2) is 0 Å². The number of rotatable bonds is 5. The Morgan fingerprint density at radius 3 is 1.80 bits per heavy atom. The van der Waals surface area contributed by atoms with Crippen LogP contribution in [0, 0.1) is 0 Å². The molecule has 2 heteroatoms. The predicted molar refractivity (Wildman–Crippen MR) is 214 cm³/mol. The molecule has 0 N–H and O–H groups in total. The minimum atomic E-state index is -0.0484. The summed E-state index contributed by atoms with van der Waals surface area (Å²) >= 11 is 0. The van der Waals surface area contributed by atoms with Crippen molar-refractivity contribution in [2.75, 3.05) is 4.90 Å². The largest absolute Gasteiger partial charge is 0.455 e. The molecule has 1 aromatic heterocycles. The summed E-state index contributed by atoms with van der Waals surface area (Å²) < 4.78 is 6.80. The molecular formula is C49H35NO. The second-order valence-corrected chi connectivity index (χ2v) is 14.1. The third-order valence-electron chi connectivity index (χ3n) is 10.9. The molecule has 8 aromatic carbocycles. The first-order chi connectivity index (χ1) is 25.0. The molecule has 9 aromatic rings. The lowest BCUT2D eigenvalue weighted by atomic mass is 9.81. The molecule has 0 saturated carbocycles. The molecule has 1 aliphatic rings. The molecule has 1 heterocycles. The highest BCUT2D eigenvalue weighted by Crippen LogP contribution is 2.50. The molecule has 0 radical (unpaired) electrons. The van der Waals surface area contributed by atoms with Crippen LogP contribution in [0.3, 0.4) is 0 Å². The van der Waals surface area contributed by atoms with E-state index in [0.29, 0.717) is 0 Å². The Hall–Kier alpha value is -6.38. The van der Waals surface area contributed by atoms with Gasteiger partial charge in [-0.1, -0.05) is 141 Å². The lowest BCUT2D eigenvalue weighted by molar-refractivity contribution is 0.660. The first-order valence-electron chi connectivity index (χ1n) is 17.7. The van der Waals surface area contributed by atoms with Crippen molar-refractivity contribution in [3.63, 3.8) is 0 Å². The highest BCUT2D eigenvalue weighted by atomic mass is 16.3. The minimum absolute atomic E-state index is 0.0484. The summed E-state index contributed by atoms with van der Waals surface area (Å²) in [6.45, 7) is 4.67. The van der Waals surface area contributed by atoms with Crippen molar-refractivity contribution >= 4 is 49.8 Å². The summed E-state index contributed by atoms with van der Waals surface area (Å²) in [5.74, 6) is 0. The van der Waals surface area contributed by atoms with Crippen molar-refractivity contribution in [1.82, 2.24) is 0 Å². The van der Waals surface area contributed by atoms with Crippen molar-refractivity contribution < 1.29 is 4.42 Å². The molecule has 0 saturated heterocycles. The monoisotopic (exact) mass is 653 g/mol. The van der Waals surface area contributed by atoms with Crippen molar-refractivity contribution in [3.05, 3.63) is 187 Å². The topological polar surface area (TPSA) is 16.4 Å². The van der Waals surface area contributed by atoms with Crippen LogP contribution >= 0.6 is 0 Å². The van der Waals surface area contributed by atoms with E-state index in [1.54, 1.807) is 0 Å². The van der Waals surface area contributed by atoms with Gasteiger partial charge < -0.3 is 9.32 Å². The minimum Gasteiger partial charge on any atom is -0.455 e. The predicted octanol–water partition coefficient (Wildman–Crippen LogP) is 13.8. The van der Waals surface area contributed by atoms with E-state index in [4.69, 9.17) is 4.42 Å². The molecule has 0 spiro atoms. The maximum atomic E-state index is 6.80. The number of fused-ring (bicyclic) bond motifs is 8. The lowest BCUT2D eigenvalue weighted by Crippen LogP contribution is -2.14. The van der Waals surface area contributed by atoms with Gasteiger partial charge in [0, 0.05) is 38.3 Å². The van der Waals surface area contributed by atoms with Crippen molar-refractivity contribution in [1.29, 1.82) is 0 Å². The molecule has 0 atom stereocenters. The van der Waals surface area contributed by atoms with Gasteiger partial charge in [-0.2, -0.15) is 0 Å². The van der Waals surface area contributed by atoms with Crippen LogP contribution in [0.4, 0.5) is 17.1 Å². The van der Waals surface area contributed by atoms with Crippen molar-refractivity contribution in [2.24, 2.45) is 0 Å². The van der Waals surface area contributed by atoms with Gasteiger partial charge in [-0.3, -0.25) is 0 Å². The second kappa shape index (κ2) is 11.3. The lowest BCUT2D eigenvalue weighted by Gasteiger charge is -2.27. The second-order valence-electron chi connectivity index (χ2n) is 14.1. The number of hydrogen-bond acceptors (Lipinski definition) is 2. The number of hydrogen-bond donors (Lipinski definition) is 0. The molecule has 0 fully saturated rings. The van der Waals surface area contributed by atoms with Crippen LogP contribution in [0.25, 0.3) is 66.1 Å². The number of anilines is 3. The van der Waals surface area contributed by atoms with E-state index in [2.05, 4.69) is 195 Å². The van der Waals surface area contributed by atoms with Gasteiger partial charge in [0.2, 0.25) is 0 Å². The van der Waals surface area contributed by atoms with Crippen molar-refractivity contribution in [2.45, 2.75) is 19.3 Å².